The molecule has 36 heavy (non-hydrogen) atoms. The van der Waals surface area contributed by atoms with Crippen molar-refractivity contribution in [3.05, 3.63) is 107 Å². The first kappa shape index (κ1) is 23.3. The maximum absolute atomic E-state index is 13.9. The van der Waals surface area contributed by atoms with Crippen molar-refractivity contribution in [2.45, 2.75) is 17.9 Å². The van der Waals surface area contributed by atoms with E-state index in [9.17, 15) is 19.2 Å². The Morgan fingerprint density at radius 3 is 2.06 bits per heavy atom. The van der Waals surface area contributed by atoms with Crippen LogP contribution in [0.2, 0.25) is 0 Å². The van der Waals surface area contributed by atoms with Gasteiger partial charge in [0.05, 0.1) is 17.3 Å². The van der Waals surface area contributed by atoms with Gasteiger partial charge in [-0.25, -0.2) is 0 Å². The summed E-state index contributed by atoms with van der Waals surface area (Å²) in [6.45, 7) is 0.134. The third kappa shape index (κ3) is 3.62. The van der Waals surface area contributed by atoms with Gasteiger partial charge in [-0.3, -0.25) is 30.0 Å². The topological polar surface area (TPSA) is 114 Å². The van der Waals surface area contributed by atoms with Gasteiger partial charge in [-0.2, -0.15) is 0 Å². The molecule has 182 valence electrons. The summed E-state index contributed by atoms with van der Waals surface area (Å²) in [7, 11) is 0. The number of fused-ring (bicyclic) bond motifs is 1. The van der Waals surface area contributed by atoms with Crippen LogP contribution in [0.5, 0.6) is 0 Å². The van der Waals surface area contributed by atoms with Crippen molar-refractivity contribution in [2.75, 3.05) is 6.54 Å². The van der Waals surface area contributed by atoms with E-state index in [2.05, 4.69) is 16.2 Å². The second kappa shape index (κ2) is 9.65. The van der Waals surface area contributed by atoms with Gasteiger partial charge in [-0.15, -0.1) is 0 Å². The van der Waals surface area contributed by atoms with Gasteiger partial charge in [0, 0.05) is 12.5 Å². The molecule has 0 aromatic heterocycles. The summed E-state index contributed by atoms with van der Waals surface area (Å²) in [4.78, 5) is 50.0. The van der Waals surface area contributed by atoms with E-state index in [1.165, 1.54) is 0 Å². The number of ether oxygens (including phenoxy) is 1. The van der Waals surface area contributed by atoms with E-state index in [4.69, 9.17) is 4.74 Å². The van der Waals surface area contributed by atoms with Crippen molar-refractivity contribution in [1.29, 1.82) is 0 Å². The number of esters is 1. The molecule has 3 N–H and O–H groups in total. The average Bonchev–Trinajstić information content (AvgIpc) is 2.93. The zero-order chi connectivity index (χ0) is 25.1. The van der Waals surface area contributed by atoms with Crippen molar-refractivity contribution in [2.24, 2.45) is 11.8 Å². The monoisotopic (exact) mass is 483 g/mol. The molecule has 0 fully saturated rings. The number of rotatable bonds is 9. The van der Waals surface area contributed by atoms with E-state index < -0.39 is 35.0 Å². The summed E-state index contributed by atoms with van der Waals surface area (Å²) >= 11 is 0. The largest absolute Gasteiger partial charge is 0.461 e. The maximum atomic E-state index is 13.9. The molecule has 6 rings (SSSR count). The van der Waals surface area contributed by atoms with E-state index in [-0.39, 0.29) is 13.2 Å². The Labute approximate surface area is 208 Å². The van der Waals surface area contributed by atoms with Crippen LogP contribution in [0.25, 0.3) is 0 Å². The summed E-state index contributed by atoms with van der Waals surface area (Å²) in [5.74, 6) is -3.35. The van der Waals surface area contributed by atoms with Gasteiger partial charge in [-0.1, -0.05) is 78.9 Å². The minimum atomic E-state index is -1.06. The van der Waals surface area contributed by atoms with Gasteiger partial charge >= 0.3 is 5.97 Å². The molecule has 0 radical (unpaired) electrons. The number of carbonyl (C=O) groups excluding carboxylic acids is 4. The Morgan fingerprint density at radius 2 is 1.44 bits per heavy atom. The summed E-state index contributed by atoms with van der Waals surface area (Å²) in [6.07, 6.45) is 0.962. The molecule has 0 saturated heterocycles. The highest BCUT2D eigenvalue weighted by atomic mass is 16.5. The molecule has 0 saturated carbocycles. The molecule has 3 aromatic carbocycles. The second-order valence-corrected chi connectivity index (χ2v) is 8.97. The number of benzene rings is 3. The molecule has 2 bridgehead atoms. The van der Waals surface area contributed by atoms with Crippen LogP contribution in [0.3, 0.4) is 0 Å². The van der Waals surface area contributed by atoms with E-state index in [1.807, 2.05) is 78.9 Å². The van der Waals surface area contributed by atoms with Gasteiger partial charge < -0.3 is 10.1 Å². The van der Waals surface area contributed by atoms with Crippen LogP contribution in [0.1, 0.15) is 33.7 Å². The highest BCUT2D eigenvalue weighted by Gasteiger charge is 2.63. The molecule has 8 nitrogen and oxygen atoms in total. The third-order valence-corrected chi connectivity index (χ3v) is 7.30. The van der Waals surface area contributed by atoms with E-state index in [0.29, 0.717) is 12.8 Å². The summed E-state index contributed by atoms with van der Waals surface area (Å²) in [5, 5.41) is 2.79. The Morgan fingerprint density at radius 1 is 0.833 bits per heavy atom. The van der Waals surface area contributed by atoms with Crippen molar-refractivity contribution in [3.63, 3.8) is 0 Å². The first-order chi connectivity index (χ1) is 17.6. The minimum absolute atomic E-state index is 0.0439. The molecule has 0 heterocycles. The van der Waals surface area contributed by atoms with Crippen molar-refractivity contribution in [1.82, 2.24) is 16.2 Å². The second-order valence-electron chi connectivity index (χ2n) is 8.97. The normalized spacial score (nSPS) is 22.9. The predicted molar refractivity (Wildman–Crippen MR) is 130 cm³/mol. The Balaban J connectivity index is 1.69. The highest BCUT2D eigenvalue weighted by Crippen LogP contribution is 2.61. The van der Waals surface area contributed by atoms with Crippen LogP contribution < -0.4 is 16.2 Å². The van der Waals surface area contributed by atoms with Gasteiger partial charge in [0.2, 0.25) is 18.7 Å². The summed E-state index contributed by atoms with van der Waals surface area (Å²) < 4.78 is 5.82. The van der Waals surface area contributed by atoms with E-state index in [1.54, 1.807) is 0 Å². The Bertz CT molecular complexity index is 1260. The molecule has 3 aliphatic carbocycles. The quantitative estimate of drug-likeness (QED) is 0.245. The standard InChI is InChI=1S/C28H25N3O5/c32-16-29-15-28-21-12-6-4-10-19(21)23(20-11-5-7-13-22(20)28)24(26(34)31-30-17-33)25(28)27(35)36-14-18-8-2-1-3-9-18/h1-13,16-17,23-25H,14-15H2,(H,29,32)(H,30,33)(H,31,34). The van der Waals surface area contributed by atoms with Crippen LogP contribution in [0.15, 0.2) is 78.9 Å². The molecule has 2 unspecified atom stereocenters. The van der Waals surface area contributed by atoms with Crippen LogP contribution in [0, 0.1) is 11.8 Å². The lowest BCUT2D eigenvalue weighted by Crippen LogP contribution is -2.62. The summed E-state index contributed by atoms with van der Waals surface area (Å²) in [6, 6.07) is 24.6. The first-order valence-electron chi connectivity index (χ1n) is 11.7. The van der Waals surface area contributed by atoms with Gasteiger partial charge in [0.25, 0.3) is 0 Å². The van der Waals surface area contributed by atoms with E-state index in [0.717, 1.165) is 27.8 Å². The van der Waals surface area contributed by atoms with Crippen LogP contribution in [-0.2, 0) is 35.9 Å². The van der Waals surface area contributed by atoms with Crippen molar-refractivity contribution in [3.8, 4) is 0 Å². The molecule has 0 aliphatic heterocycles. The lowest BCUT2D eigenvalue weighted by Gasteiger charge is -2.56. The number of hydrogen-bond acceptors (Lipinski definition) is 5. The van der Waals surface area contributed by atoms with Gasteiger partial charge in [0.1, 0.15) is 6.61 Å². The van der Waals surface area contributed by atoms with Gasteiger partial charge in [-0.05, 0) is 27.8 Å². The smallest absolute Gasteiger partial charge is 0.311 e. The number of carbonyl (C=O) groups is 4. The van der Waals surface area contributed by atoms with Gasteiger partial charge in [0.15, 0.2) is 0 Å². The molecule has 2 atom stereocenters. The Kier molecular flexibility index (Phi) is 6.25. The van der Waals surface area contributed by atoms with Crippen LogP contribution in [-0.4, -0.2) is 31.2 Å². The maximum Gasteiger partial charge on any atom is 0.311 e. The summed E-state index contributed by atoms with van der Waals surface area (Å²) in [5.41, 5.74) is 7.96. The molecule has 3 aliphatic rings. The van der Waals surface area contributed by atoms with Crippen LogP contribution >= 0.6 is 0 Å². The van der Waals surface area contributed by atoms with Crippen molar-refractivity contribution < 1.29 is 23.9 Å². The molecule has 3 amide bonds. The number of nitrogens with one attached hydrogen (secondary N) is 3. The van der Waals surface area contributed by atoms with E-state index >= 15 is 0 Å². The molecular weight excluding hydrogens is 458 g/mol. The SMILES string of the molecule is O=CNCC12c3ccccc3C(c3ccccc31)C(C(=O)NNC=O)C2C(=O)OCc1ccccc1. The fourth-order valence-corrected chi connectivity index (χ4v) is 6.04. The lowest BCUT2D eigenvalue weighted by molar-refractivity contribution is -0.159. The van der Waals surface area contributed by atoms with Crippen LogP contribution in [0.4, 0.5) is 0 Å². The molecule has 0 spiro atoms. The lowest BCUT2D eigenvalue weighted by atomic mass is 9.46. The van der Waals surface area contributed by atoms with Crippen molar-refractivity contribution >= 4 is 24.7 Å². The number of hydrogen-bond donors (Lipinski definition) is 3. The first-order valence-corrected chi connectivity index (χ1v) is 11.7. The fraction of sp³-hybridized carbons (Fsp3) is 0.214. The average molecular weight is 484 g/mol. The minimum Gasteiger partial charge on any atom is -0.461 e. The zero-order valence-electron chi connectivity index (χ0n) is 19.3. The highest BCUT2D eigenvalue weighted by molar-refractivity contribution is 5.92. The number of hydrazine groups is 1. The zero-order valence-corrected chi connectivity index (χ0v) is 19.3. The third-order valence-electron chi connectivity index (χ3n) is 7.30. The molecule has 8 heteroatoms. The fourth-order valence-electron chi connectivity index (χ4n) is 6.04. The molecular formula is C28H25N3O5. The Hall–Kier alpha value is -4.46. The molecule has 3 aromatic rings. The predicted octanol–water partition coefficient (Wildman–Crippen LogP) is 1.93. The number of amides is 3.